The van der Waals surface area contributed by atoms with Gasteiger partial charge in [0.25, 0.3) is 0 Å². The molecule has 1 nitrogen and oxygen atoms in total. The maximum Gasteiger partial charge on any atom is 0.0547 e. The Bertz CT molecular complexity index is 2310. The van der Waals surface area contributed by atoms with Crippen LogP contribution in [-0.4, -0.2) is 4.57 Å². The predicted octanol–water partition coefficient (Wildman–Crippen LogP) is 10.9. The molecule has 0 bridgehead atoms. The average molecular weight is 526 g/mol. The second kappa shape index (κ2) is 8.35. The summed E-state index contributed by atoms with van der Waals surface area (Å²) < 4.78 is 2.46. The standard InChI is InChI=1S/C38H23NS/c1-2-11-25-23-35-32(22-24(25)10-1)28-13-4-7-18-34(28)39(35)33-17-6-3-12-27(33)26-20-21-37-38-30(26)15-9-16-31(38)29-14-5-8-19-36(29)40-37/h1-23H. The lowest BCUT2D eigenvalue weighted by molar-refractivity contribution is 1.18. The van der Waals surface area contributed by atoms with Crippen LogP contribution in [0.25, 0.3) is 71.3 Å². The van der Waals surface area contributed by atoms with Gasteiger partial charge in [0.05, 0.1) is 16.7 Å². The number of hydrogen-bond donors (Lipinski definition) is 0. The van der Waals surface area contributed by atoms with E-state index in [2.05, 4.69) is 144 Å². The summed E-state index contributed by atoms with van der Waals surface area (Å²) in [6.45, 7) is 0. The molecule has 0 amide bonds. The Morgan fingerprint density at radius 2 is 1.10 bits per heavy atom. The lowest BCUT2D eigenvalue weighted by Crippen LogP contribution is -1.99. The molecule has 0 unspecified atom stereocenters. The topological polar surface area (TPSA) is 4.93 Å². The van der Waals surface area contributed by atoms with E-state index in [-0.39, 0.29) is 0 Å². The first-order valence-corrected chi connectivity index (χ1v) is 14.5. The Morgan fingerprint density at radius 3 is 2.02 bits per heavy atom. The van der Waals surface area contributed by atoms with Gasteiger partial charge < -0.3 is 4.57 Å². The van der Waals surface area contributed by atoms with Crippen molar-refractivity contribution in [1.29, 1.82) is 0 Å². The molecule has 0 aliphatic carbocycles. The molecule has 0 N–H and O–H groups in total. The van der Waals surface area contributed by atoms with E-state index in [4.69, 9.17) is 0 Å². The molecule has 186 valence electrons. The molecule has 1 aromatic heterocycles. The van der Waals surface area contributed by atoms with Gasteiger partial charge >= 0.3 is 0 Å². The summed E-state index contributed by atoms with van der Waals surface area (Å²) in [4.78, 5) is 2.65. The van der Waals surface area contributed by atoms with Gasteiger partial charge in [-0.3, -0.25) is 0 Å². The van der Waals surface area contributed by atoms with E-state index in [0.717, 1.165) is 0 Å². The van der Waals surface area contributed by atoms with Crippen molar-refractivity contribution in [1.82, 2.24) is 4.57 Å². The SMILES string of the molecule is c1ccc2c(c1)Sc1ccc(-c3ccccc3-n3c4ccccc4c4cc5ccccc5cc43)c3cccc-2c13. The van der Waals surface area contributed by atoms with E-state index in [1.54, 1.807) is 0 Å². The van der Waals surface area contributed by atoms with Gasteiger partial charge in [-0.25, -0.2) is 0 Å². The van der Waals surface area contributed by atoms with Gasteiger partial charge in [0, 0.05) is 31.5 Å². The number of rotatable bonds is 2. The van der Waals surface area contributed by atoms with Crippen molar-refractivity contribution >= 4 is 55.1 Å². The zero-order valence-electron chi connectivity index (χ0n) is 21.6. The van der Waals surface area contributed by atoms with Crippen molar-refractivity contribution < 1.29 is 0 Å². The Morgan fingerprint density at radius 1 is 0.400 bits per heavy atom. The molecule has 0 saturated carbocycles. The van der Waals surface area contributed by atoms with Crippen molar-refractivity contribution in [3.05, 3.63) is 140 Å². The molecule has 0 spiro atoms. The van der Waals surface area contributed by atoms with E-state index in [1.165, 1.54) is 81.1 Å². The summed E-state index contributed by atoms with van der Waals surface area (Å²) in [6, 6.07) is 51.3. The van der Waals surface area contributed by atoms with E-state index >= 15 is 0 Å². The summed E-state index contributed by atoms with van der Waals surface area (Å²) >= 11 is 1.88. The normalized spacial score (nSPS) is 12.4. The van der Waals surface area contributed by atoms with E-state index in [1.807, 2.05) is 11.8 Å². The Labute approximate surface area is 236 Å². The maximum absolute atomic E-state index is 2.46. The summed E-state index contributed by atoms with van der Waals surface area (Å²) in [5.74, 6) is 0. The monoisotopic (exact) mass is 525 g/mol. The predicted molar refractivity (Wildman–Crippen MR) is 171 cm³/mol. The minimum Gasteiger partial charge on any atom is -0.309 e. The van der Waals surface area contributed by atoms with Crippen LogP contribution in [0.2, 0.25) is 0 Å². The fourth-order valence-electron chi connectivity index (χ4n) is 6.63. The smallest absolute Gasteiger partial charge is 0.0547 e. The molecule has 1 aliphatic heterocycles. The van der Waals surface area contributed by atoms with E-state index < -0.39 is 0 Å². The van der Waals surface area contributed by atoms with Crippen LogP contribution >= 0.6 is 11.8 Å². The van der Waals surface area contributed by atoms with Gasteiger partial charge in [-0.2, -0.15) is 0 Å². The molecule has 40 heavy (non-hydrogen) atoms. The molecule has 0 atom stereocenters. The average Bonchev–Trinajstić information content (AvgIpc) is 3.33. The fourth-order valence-corrected chi connectivity index (χ4v) is 7.76. The first kappa shape index (κ1) is 22.1. The minimum atomic E-state index is 1.20. The molecule has 7 aromatic carbocycles. The fraction of sp³-hybridized carbons (Fsp3) is 0. The van der Waals surface area contributed by atoms with Gasteiger partial charge in [0.2, 0.25) is 0 Å². The van der Waals surface area contributed by atoms with Gasteiger partial charge in [-0.05, 0) is 69.2 Å². The van der Waals surface area contributed by atoms with Crippen molar-refractivity contribution in [2.75, 3.05) is 0 Å². The zero-order chi connectivity index (χ0) is 26.2. The number of para-hydroxylation sites is 2. The first-order valence-electron chi connectivity index (χ1n) is 13.7. The van der Waals surface area contributed by atoms with E-state index in [0.29, 0.717) is 0 Å². The highest BCUT2D eigenvalue weighted by molar-refractivity contribution is 7.99. The van der Waals surface area contributed by atoms with Crippen LogP contribution in [0, 0.1) is 0 Å². The van der Waals surface area contributed by atoms with Gasteiger partial charge in [-0.15, -0.1) is 0 Å². The number of fused-ring (bicyclic) bond motifs is 6. The Balaban J connectivity index is 1.37. The van der Waals surface area contributed by atoms with Crippen molar-refractivity contribution in [3.63, 3.8) is 0 Å². The van der Waals surface area contributed by atoms with Crippen LogP contribution in [0.5, 0.6) is 0 Å². The molecular formula is C38H23NS. The molecule has 0 saturated heterocycles. The molecule has 8 aromatic rings. The number of aromatic nitrogens is 1. The second-order valence-corrected chi connectivity index (χ2v) is 11.6. The van der Waals surface area contributed by atoms with E-state index in [9.17, 15) is 0 Å². The van der Waals surface area contributed by atoms with Gasteiger partial charge in [0.15, 0.2) is 0 Å². The summed E-state index contributed by atoms with van der Waals surface area (Å²) in [6.07, 6.45) is 0. The lowest BCUT2D eigenvalue weighted by Gasteiger charge is -2.22. The molecule has 2 heterocycles. The number of hydrogen-bond acceptors (Lipinski definition) is 1. The Hall–Kier alpha value is -4.79. The largest absolute Gasteiger partial charge is 0.309 e. The zero-order valence-corrected chi connectivity index (χ0v) is 22.5. The third kappa shape index (κ3) is 3.05. The van der Waals surface area contributed by atoms with Gasteiger partial charge in [0.1, 0.15) is 0 Å². The molecule has 0 radical (unpaired) electrons. The highest BCUT2D eigenvalue weighted by atomic mass is 32.2. The summed E-state index contributed by atoms with van der Waals surface area (Å²) in [7, 11) is 0. The van der Waals surface area contributed by atoms with Crippen LogP contribution in [0.3, 0.4) is 0 Å². The number of benzene rings is 7. The van der Waals surface area contributed by atoms with Crippen LogP contribution in [0.1, 0.15) is 0 Å². The third-order valence-electron chi connectivity index (χ3n) is 8.37. The number of nitrogens with zero attached hydrogens (tertiary/aromatic N) is 1. The highest BCUT2D eigenvalue weighted by Crippen LogP contribution is 2.50. The highest BCUT2D eigenvalue weighted by Gasteiger charge is 2.22. The summed E-state index contributed by atoms with van der Waals surface area (Å²) in [5, 5.41) is 7.75. The van der Waals surface area contributed by atoms with Crippen LogP contribution in [-0.2, 0) is 0 Å². The quantitative estimate of drug-likeness (QED) is 0.217. The molecule has 1 aliphatic rings. The lowest BCUT2D eigenvalue weighted by atomic mass is 9.92. The molecule has 2 heteroatoms. The molecular weight excluding hydrogens is 502 g/mol. The van der Waals surface area contributed by atoms with Crippen molar-refractivity contribution in [2.24, 2.45) is 0 Å². The Kier molecular flexibility index (Phi) is 4.61. The van der Waals surface area contributed by atoms with Crippen LogP contribution < -0.4 is 0 Å². The third-order valence-corrected chi connectivity index (χ3v) is 9.51. The van der Waals surface area contributed by atoms with Crippen LogP contribution in [0.4, 0.5) is 0 Å². The summed E-state index contributed by atoms with van der Waals surface area (Å²) in [5.41, 5.74) is 8.82. The van der Waals surface area contributed by atoms with Crippen molar-refractivity contribution in [2.45, 2.75) is 9.79 Å². The molecule has 9 rings (SSSR count). The van der Waals surface area contributed by atoms with Crippen molar-refractivity contribution in [3.8, 4) is 27.9 Å². The van der Waals surface area contributed by atoms with Gasteiger partial charge in [-0.1, -0.05) is 115 Å². The maximum atomic E-state index is 2.46. The minimum absolute atomic E-state index is 1.20. The first-order chi connectivity index (χ1) is 19.8. The second-order valence-electron chi connectivity index (χ2n) is 10.5. The van der Waals surface area contributed by atoms with Crippen LogP contribution in [0.15, 0.2) is 149 Å². The molecule has 0 fully saturated rings.